The van der Waals surface area contributed by atoms with E-state index in [2.05, 4.69) is 18.0 Å². The van der Waals surface area contributed by atoms with Crippen LogP contribution in [0.5, 0.6) is 0 Å². The van der Waals surface area contributed by atoms with Gasteiger partial charge in [0.05, 0.1) is 5.69 Å². The van der Waals surface area contributed by atoms with E-state index in [0.717, 1.165) is 27.6 Å². The number of carbonyl (C=O) groups excluding carboxylic acids is 1. The van der Waals surface area contributed by atoms with Crippen molar-refractivity contribution < 1.29 is 4.79 Å². The minimum Gasteiger partial charge on any atom is -0.293 e. The summed E-state index contributed by atoms with van der Waals surface area (Å²) in [5.41, 5.74) is 3.63. The van der Waals surface area contributed by atoms with Gasteiger partial charge < -0.3 is 0 Å². The van der Waals surface area contributed by atoms with Crippen LogP contribution in [0.15, 0.2) is 54.6 Å². The lowest BCUT2D eigenvalue weighted by molar-refractivity contribution is 0.101. The minimum absolute atomic E-state index is 0.00872. The van der Waals surface area contributed by atoms with Gasteiger partial charge in [0.15, 0.2) is 5.78 Å². The lowest BCUT2D eigenvalue weighted by Crippen LogP contribution is -1.99. The zero-order chi connectivity index (χ0) is 14.1. The Labute approximate surface area is 118 Å². The molecule has 0 spiro atoms. The lowest BCUT2D eigenvalue weighted by atomic mass is 9.99. The first kappa shape index (κ1) is 12.5. The van der Waals surface area contributed by atoms with Crippen LogP contribution in [-0.4, -0.2) is 10.8 Å². The Kier molecular flexibility index (Phi) is 3.07. The molecular weight excluding hydrogens is 246 g/mol. The van der Waals surface area contributed by atoms with Crippen molar-refractivity contribution in [2.45, 2.75) is 13.8 Å². The first-order valence-electron chi connectivity index (χ1n) is 6.63. The molecular formula is C18H15NO. The summed E-state index contributed by atoms with van der Waals surface area (Å²) in [6, 6.07) is 18.0. The number of Topliss-reactive ketones (excluding diaryl/α,β-unsaturated/α-hetero) is 1. The van der Waals surface area contributed by atoms with Crippen molar-refractivity contribution >= 4 is 16.6 Å². The van der Waals surface area contributed by atoms with E-state index in [1.54, 1.807) is 6.92 Å². The summed E-state index contributed by atoms with van der Waals surface area (Å²) in [4.78, 5) is 16.3. The molecule has 0 aliphatic carbocycles. The van der Waals surface area contributed by atoms with Crippen molar-refractivity contribution in [3.63, 3.8) is 0 Å². The quantitative estimate of drug-likeness (QED) is 0.639. The van der Waals surface area contributed by atoms with E-state index in [1.807, 2.05) is 48.5 Å². The highest BCUT2D eigenvalue weighted by Gasteiger charge is 2.11. The molecule has 2 nitrogen and oxygen atoms in total. The van der Waals surface area contributed by atoms with Gasteiger partial charge in [0.2, 0.25) is 0 Å². The van der Waals surface area contributed by atoms with E-state index in [-0.39, 0.29) is 5.78 Å². The zero-order valence-electron chi connectivity index (χ0n) is 11.6. The maximum absolute atomic E-state index is 11.7. The topological polar surface area (TPSA) is 30.0 Å². The highest BCUT2D eigenvalue weighted by Crippen LogP contribution is 2.29. The molecule has 98 valence electrons. The van der Waals surface area contributed by atoms with Crippen molar-refractivity contribution in [1.82, 2.24) is 4.98 Å². The molecule has 0 radical (unpaired) electrons. The average molecular weight is 261 g/mol. The molecule has 3 aromatic rings. The minimum atomic E-state index is -0.00872. The summed E-state index contributed by atoms with van der Waals surface area (Å²) in [6.07, 6.45) is 0. The van der Waals surface area contributed by atoms with Gasteiger partial charge in [0.25, 0.3) is 0 Å². The molecule has 0 saturated carbocycles. The van der Waals surface area contributed by atoms with Crippen LogP contribution in [-0.2, 0) is 0 Å². The van der Waals surface area contributed by atoms with E-state index < -0.39 is 0 Å². The fourth-order valence-electron chi connectivity index (χ4n) is 2.42. The third kappa shape index (κ3) is 2.10. The monoisotopic (exact) mass is 261 g/mol. The normalized spacial score (nSPS) is 10.7. The number of carbonyl (C=O) groups is 1. The number of hydrogen-bond acceptors (Lipinski definition) is 2. The summed E-state index contributed by atoms with van der Waals surface area (Å²) in [5.74, 6) is -0.00872. The molecule has 0 fully saturated rings. The largest absolute Gasteiger partial charge is 0.293 e. The molecule has 3 rings (SSSR count). The van der Waals surface area contributed by atoms with Gasteiger partial charge in [-0.1, -0.05) is 48.5 Å². The van der Waals surface area contributed by atoms with Gasteiger partial charge in [-0.3, -0.25) is 4.79 Å². The van der Waals surface area contributed by atoms with Gasteiger partial charge in [-0.25, -0.2) is 4.98 Å². The molecule has 2 heteroatoms. The summed E-state index contributed by atoms with van der Waals surface area (Å²) in [5, 5.41) is 2.12. The number of nitrogens with zero attached hydrogens (tertiary/aromatic N) is 1. The van der Waals surface area contributed by atoms with Crippen LogP contribution in [0.3, 0.4) is 0 Å². The molecule has 0 atom stereocenters. The molecule has 0 amide bonds. The Balaban J connectivity index is 2.39. The van der Waals surface area contributed by atoms with Crippen molar-refractivity contribution in [1.29, 1.82) is 0 Å². The highest BCUT2D eigenvalue weighted by atomic mass is 16.1. The smallest absolute Gasteiger partial charge is 0.178 e. The van der Waals surface area contributed by atoms with Crippen LogP contribution in [0, 0.1) is 6.92 Å². The van der Waals surface area contributed by atoms with Gasteiger partial charge in [-0.05, 0) is 23.9 Å². The Morgan fingerprint density at radius 1 is 1.00 bits per heavy atom. The molecule has 0 unspecified atom stereocenters. The van der Waals surface area contributed by atoms with Gasteiger partial charge >= 0.3 is 0 Å². The first-order valence-corrected chi connectivity index (χ1v) is 6.63. The number of aryl methyl sites for hydroxylation is 1. The van der Waals surface area contributed by atoms with Crippen LogP contribution < -0.4 is 0 Å². The number of pyridine rings is 1. The van der Waals surface area contributed by atoms with Crippen molar-refractivity contribution in [3.05, 3.63) is 65.9 Å². The lowest BCUT2D eigenvalue weighted by Gasteiger charge is -2.10. The first-order chi connectivity index (χ1) is 9.66. The number of aromatic nitrogens is 1. The molecule has 0 bridgehead atoms. The van der Waals surface area contributed by atoms with E-state index in [0.29, 0.717) is 5.69 Å². The molecule has 1 heterocycles. The number of benzene rings is 2. The van der Waals surface area contributed by atoms with Gasteiger partial charge in [-0.15, -0.1) is 0 Å². The maximum atomic E-state index is 11.7. The third-order valence-electron chi connectivity index (χ3n) is 3.50. The van der Waals surface area contributed by atoms with Crippen molar-refractivity contribution in [2.75, 3.05) is 0 Å². The molecule has 0 N–H and O–H groups in total. The van der Waals surface area contributed by atoms with E-state index in [9.17, 15) is 4.79 Å². The summed E-state index contributed by atoms with van der Waals surface area (Å²) < 4.78 is 0. The summed E-state index contributed by atoms with van der Waals surface area (Å²) >= 11 is 0. The van der Waals surface area contributed by atoms with Crippen molar-refractivity contribution in [3.8, 4) is 11.3 Å². The SMILES string of the molecule is CC(=O)c1cc2ccccc2c(-c2ccccc2C)n1. The number of fused-ring (bicyclic) bond motifs is 1. The van der Waals surface area contributed by atoms with E-state index in [4.69, 9.17) is 0 Å². The van der Waals surface area contributed by atoms with Gasteiger partial charge in [-0.2, -0.15) is 0 Å². The van der Waals surface area contributed by atoms with Crippen LogP contribution in [0.4, 0.5) is 0 Å². The molecule has 1 aromatic heterocycles. The van der Waals surface area contributed by atoms with Gasteiger partial charge in [0, 0.05) is 17.9 Å². The van der Waals surface area contributed by atoms with E-state index >= 15 is 0 Å². The fraction of sp³-hybridized carbons (Fsp3) is 0.111. The Bertz CT molecular complexity index is 805. The number of rotatable bonds is 2. The number of hydrogen-bond donors (Lipinski definition) is 0. The Morgan fingerprint density at radius 3 is 2.45 bits per heavy atom. The molecule has 0 aliphatic rings. The van der Waals surface area contributed by atoms with Gasteiger partial charge in [0.1, 0.15) is 5.69 Å². The number of ketones is 1. The standard InChI is InChI=1S/C18H15NO/c1-12-7-3-5-9-15(12)18-16-10-6-4-8-14(16)11-17(19-18)13(2)20/h3-11H,1-2H3. The fourth-order valence-corrected chi connectivity index (χ4v) is 2.42. The molecule has 0 saturated heterocycles. The van der Waals surface area contributed by atoms with Crippen LogP contribution in [0.2, 0.25) is 0 Å². The maximum Gasteiger partial charge on any atom is 0.178 e. The Morgan fingerprint density at radius 2 is 1.70 bits per heavy atom. The third-order valence-corrected chi connectivity index (χ3v) is 3.50. The molecule has 0 aliphatic heterocycles. The molecule has 2 aromatic carbocycles. The van der Waals surface area contributed by atoms with E-state index in [1.165, 1.54) is 0 Å². The Hall–Kier alpha value is -2.48. The second-order valence-electron chi connectivity index (χ2n) is 4.95. The second-order valence-corrected chi connectivity index (χ2v) is 4.95. The zero-order valence-corrected chi connectivity index (χ0v) is 11.6. The van der Waals surface area contributed by atoms with Crippen LogP contribution >= 0.6 is 0 Å². The average Bonchev–Trinajstić information content (AvgIpc) is 2.46. The second kappa shape index (κ2) is 4.89. The predicted molar refractivity (Wildman–Crippen MR) is 81.9 cm³/mol. The van der Waals surface area contributed by atoms with Crippen LogP contribution in [0.25, 0.3) is 22.0 Å². The summed E-state index contributed by atoms with van der Waals surface area (Å²) in [7, 11) is 0. The highest BCUT2D eigenvalue weighted by molar-refractivity contribution is 6.01. The van der Waals surface area contributed by atoms with Crippen LogP contribution in [0.1, 0.15) is 23.0 Å². The predicted octanol–water partition coefficient (Wildman–Crippen LogP) is 4.41. The van der Waals surface area contributed by atoms with Crippen molar-refractivity contribution in [2.24, 2.45) is 0 Å². The summed E-state index contributed by atoms with van der Waals surface area (Å²) in [6.45, 7) is 3.62. The molecule has 20 heavy (non-hydrogen) atoms.